The topological polar surface area (TPSA) is 58.1 Å². The summed E-state index contributed by atoms with van der Waals surface area (Å²) in [6, 6.07) is 5.69. The van der Waals surface area contributed by atoms with Crippen LogP contribution in [0.3, 0.4) is 0 Å². The summed E-state index contributed by atoms with van der Waals surface area (Å²) in [6.45, 7) is 5.79. The summed E-state index contributed by atoms with van der Waals surface area (Å²) in [7, 11) is 0. The summed E-state index contributed by atoms with van der Waals surface area (Å²) in [5, 5.41) is 3.98. The molecule has 3 rings (SSSR count). The molecule has 5 nitrogen and oxygen atoms in total. The number of hydrogen-bond acceptors (Lipinski definition) is 5. The summed E-state index contributed by atoms with van der Waals surface area (Å²) in [5.41, 5.74) is 1.68. The molecule has 0 unspecified atom stereocenters. The van der Waals surface area contributed by atoms with Gasteiger partial charge in [0.2, 0.25) is 0 Å². The molecule has 6 heteroatoms. The van der Waals surface area contributed by atoms with E-state index in [1.165, 1.54) is 37.3 Å². The quantitative estimate of drug-likeness (QED) is 0.884. The number of hydrogen-bond donors (Lipinski definition) is 1. The molecule has 0 aromatic carbocycles. The van der Waals surface area contributed by atoms with Gasteiger partial charge in [-0.05, 0) is 45.0 Å². The average molecular weight is 330 g/mol. The van der Waals surface area contributed by atoms with Crippen molar-refractivity contribution in [1.82, 2.24) is 20.2 Å². The molecule has 0 spiro atoms. The molecule has 0 aliphatic carbocycles. The number of rotatable bonds is 6. The number of carbonyl (C=O) groups excluding carboxylic acids is 1. The smallest absolute Gasteiger partial charge is 0.263 e. The van der Waals surface area contributed by atoms with E-state index in [2.05, 4.69) is 20.2 Å². The Labute approximate surface area is 140 Å². The third kappa shape index (κ3) is 4.36. The van der Waals surface area contributed by atoms with Crippen LogP contribution in [0.5, 0.6) is 0 Å². The molecular weight excluding hydrogens is 308 g/mol. The van der Waals surface area contributed by atoms with Gasteiger partial charge in [0.15, 0.2) is 0 Å². The van der Waals surface area contributed by atoms with Gasteiger partial charge in [-0.3, -0.25) is 9.78 Å². The summed E-state index contributed by atoms with van der Waals surface area (Å²) in [4.78, 5) is 24.3. The molecule has 0 saturated carbocycles. The maximum atomic E-state index is 12.3. The Balaban J connectivity index is 1.55. The van der Waals surface area contributed by atoms with Crippen molar-refractivity contribution >= 4 is 17.2 Å². The van der Waals surface area contributed by atoms with Crippen LogP contribution in [-0.4, -0.2) is 40.4 Å². The number of amides is 1. The highest BCUT2D eigenvalue weighted by Crippen LogP contribution is 2.19. The van der Waals surface area contributed by atoms with Crippen molar-refractivity contribution in [3.63, 3.8) is 0 Å². The second-order valence-electron chi connectivity index (χ2n) is 5.82. The van der Waals surface area contributed by atoms with Gasteiger partial charge in [-0.1, -0.05) is 6.07 Å². The van der Waals surface area contributed by atoms with Gasteiger partial charge in [0.25, 0.3) is 5.91 Å². The van der Waals surface area contributed by atoms with Gasteiger partial charge in [0.05, 0.1) is 22.9 Å². The fourth-order valence-electron chi connectivity index (χ4n) is 2.78. The zero-order chi connectivity index (χ0) is 16.1. The number of thiazole rings is 1. The lowest BCUT2D eigenvalue weighted by molar-refractivity contribution is 0.0953. The van der Waals surface area contributed by atoms with E-state index >= 15 is 0 Å². The maximum absolute atomic E-state index is 12.3. The lowest BCUT2D eigenvalue weighted by atomic mass is 10.3. The first kappa shape index (κ1) is 16.1. The first-order chi connectivity index (χ1) is 11.2. The van der Waals surface area contributed by atoms with Gasteiger partial charge in [-0.2, -0.15) is 0 Å². The lowest BCUT2D eigenvalue weighted by Crippen LogP contribution is -2.23. The number of likely N-dealkylation sites (tertiary alicyclic amines) is 1. The third-order valence-electron chi connectivity index (χ3n) is 4.04. The molecule has 3 heterocycles. The molecule has 1 fully saturated rings. The van der Waals surface area contributed by atoms with E-state index in [1.54, 1.807) is 6.20 Å². The number of nitrogens with zero attached hydrogens (tertiary/aromatic N) is 3. The molecule has 1 aliphatic heterocycles. The Hall–Kier alpha value is -1.79. The van der Waals surface area contributed by atoms with E-state index in [1.807, 2.05) is 25.1 Å². The number of aromatic nitrogens is 2. The van der Waals surface area contributed by atoms with Crippen molar-refractivity contribution in [2.24, 2.45) is 0 Å². The first-order valence-corrected chi connectivity index (χ1v) is 8.91. The highest BCUT2D eigenvalue weighted by molar-refractivity contribution is 7.13. The molecule has 0 atom stereocenters. The third-order valence-corrected chi connectivity index (χ3v) is 5.26. The fraction of sp³-hybridized carbons (Fsp3) is 0.471. The van der Waals surface area contributed by atoms with E-state index in [4.69, 9.17) is 0 Å². The average Bonchev–Trinajstić information content (AvgIpc) is 3.21. The molecule has 122 valence electrons. The van der Waals surface area contributed by atoms with Gasteiger partial charge in [-0.25, -0.2) is 4.98 Å². The zero-order valence-electron chi connectivity index (χ0n) is 13.4. The van der Waals surface area contributed by atoms with Crippen LogP contribution < -0.4 is 5.32 Å². The Kier molecular flexibility index (Phi) is 5.35. The largest absolute Gasteiger partial charge is 0.346 e. The Morgan fingerprint density at radius 3 is 2.91 bits per heavy atom. The van der Waals surface area contributed by atoms with Crippen molar-refractivity contribution in [2.75, 3.05) is 19.6 Å². The predicted molar refractivity (Wildman–Crippen MR) is 91.6 cm³/mol. The van der Waals surface area contributed by atoms with Gasteiger partial charge >= 0.3 is 0 Å². The van der Waals surface area contributed by atoms with Gasteiger partial charge in [-0.15, -0.1) is 11.3 Å². The number of carbonyl (C=O) groups is 1. The van der Waals surface area contributed by atoms with Crippen LogP contribution in [0.25, 0.3) is 0 Å². The molecule has 1 N–H and O–H groups in total. The second kappa shape index (κ2) is 7.66. The molecule has 1 amide bonds. The highest BCUT2D eigenvalue weighted by Gasteiger charge is 2.17. The van der Waals surface area contributed by atoms with Crippen LogP contribution in [0.1, 0.15) is 38.9 Å². The molecule has 1 saturated heterocycles. The minimum atomic E-state index is -0.0573. The van der Waals surface area contributed by atoms with E-state index < -0.39 is 0 Å². The van der Waals surface area contributed by atoms with E-state index in [0.717, 1.165) is 34.2 Å². The number of pyridine rings is 1. The summed E-state index contributed by atoms with van der Waals surface area (Å²) >= 11 is 1.52. The standard InChI is InChI=1S/C17H22N4OS/c1-13-16(17(22)19-12-14-6-2-3-8-18-14)23-15(20-13)7-11-21-9-4-5-10-21/h2-3,6,8H,4-5,7,9-12H2,1H3,(H,19,22). The summed E-state index contributed by atoms with van der Waals surface area (Å²) < 4.78 is 0. The van der Waals surface area contributed by atoms with Crippen LogP contribution in [0, 0.1) is 6.92 Å². The van der Waals surface area contributed by atoms with Crippen molar-refractivity contribution in [3.8, 4) is 0 Å². The summed E-state index contributed by atoms with van der Waals surface area (Å²) in [5.74, 6) is -0.0573. The van der Waals surface area contributed by atoms with Crippen LogP contribution >= 0.6 is 11.3 Å². The lowest BCUT2D eigenvalue weighted by Gasteiger charge is -2.12. The van der Waals surface area contributed by atoms with Crippen LogP contribution in [0.2, 0.25) is 0 Å². The van der Waals surface area contributed by atoms with E-state index in [9.17, 15) is 4.79 Å². The normalized spacial score (nSPS) is 15.0. The van der Waals surface area contributed by atoms with Crippen LogP contribution in [0.4, 0.5) is 0 Å². The minimum absolute atomic E-state index is 0.0573. The van der Waals surface area contributed by atoms with Crippen molar-refractivity contribution < 1.29 is 4.79 Å². The maximum Gasteiger partial charge on any atom is 0.263 e. The molecular formula is C17H22N4OS. The minimum Gasteiger partial charge on any atom is -0.346 e. The molecule has 2 aromatic heterocycles. The van der Waals surface area contributed by atoms with Crippen molar-refractivity contribution in [2.45, 2.75) is 32.7 Å². The van der Waals surface area contributed by atoms with Gasteiger partial charge < -0.3 is 10.2 Å². The molecule has 0 bridgehead atoms. The number of aryl methyl sites for hydroxylation is 1. The van der Waals surface area contributed by atoms with Crippen LogP contribution in [0.15, 0.2) is 24.4 Å². The van der Waals surface area contributed by atoms with Crippen molar-refractivity contribution in [1.29, 1.82) is 0 Å². The Morgan fingerprint density at radius 2 is 2.17 bits per heavy atom. The summed E-state index contributed by atoms with van der Waals surface area (Å²) in [6.07, 6.45) is 5.27. The Morgan fingerprint density at radius 1 is 1.35 bits per heavy atom. The zero-order valence-corrected chi connectivity index (χ0v) is 14.2. The van der Waals surface area contributed by atoms with E-state index in [0.29, 0.717) is 6.54 Å². The van der Waals surface area contributed by atoms with Crippen LogP contribution in [-0.2, 0) is 13.0 Å². The monoisotopic (exact) mass is 330 g/mol. The van der Waals surface area contributed by atoms with Gasteiger partial charge in [0, 0.05) is 19.2 Å². The molecule has 1 aliphatic rings. The van der Waals surface area contributed by atoms with E-state index in [-0.39, 0.29) is 5.91 Å². The molecule has 23 heavy (non-hydrogen) atoms. The first-order valence-electron chi connectivity index (χ1n) is 8.09. The second-order valence-corrected chi connectivity index (χ2v) is 6.91. The number of nitrogens with one attached hydrogen (secondary N) is 1. The fourth-order valence-corrected chi connectivity index (χ4v) is 3.75. The van der Waals surface area contributed by atoms with Gasteiger partial charge in [0.1, 0.15) is 4.88 Å². The SMILES string of the molecule is Cc1nc(CCN2CCCC2)sc1C(=O)NCc1ccccn1. The Bertz CT molecular complexity index is 650. The molecule has 0 radical (unpaired) electrons. The molecule has 2 aromatic rings. The predicted octanol–water partition coefficient (Wildman–Crippen LogP) is 2.41. The van der Waals surface area contributed by atoms with Crippen molar-refractivity contribution in [3.05, 3.63) is 45.7 Å². The highest BCUT2D eigenvalue weighted by atomic mass is 32.1.